The Morgan fingerprint density at radius 1 is 1.53 bits per heavy atom. The molecule has 2 heterocycles. The molecule has 2 rings (SSSR count). The van der Waals surface area contributed by atoms with Crippen LogP contribution < -0.4 is 4.74 Å². The van der Waals surface area contributed by atoms with Crippen LogP contribution in [-0.4, -0.2) is 40.0 Å². The molecule has 92 valence electrons. The van der Waals surface area contributed by atoms with Gasteiger partial charge in [-0.15, -0.1) is 0 Å². The third-order valence-electron chi connectivity index (χ3n) is 2.85. The Balaban J connectivity index is 1.92. The fraction of sp³-hybridized carbons (Fsp3) is 0.583. The van der Waals surface area contributed by atoms with Gasteiger partial charge in [0.25, 0.3) is 0 Å². The van der Waals surface area contributed by atoms with Gasteiger partial charge in [-0.1, -0.05) is 6.92 Å². The van der Waals surface area contributed by atoms with Crippen LogP contribution in [-0.2, 0) is 4.79 Å². The van der Waals surface area contributed by atoms with Gasteiger partial charge in [0.1, 0.15) is 6.10 Å². The summed E-state index contributed by atoms with van der Waals surface area (Å²) in [5, 5.41) is 0. The van der Waals surface area contributed by atoms with Crippen molar-refractivity contribution < 1.29 is 9.53 Å². The zero-order valence-corrected chi connectivity index (χ0v) is 10.0. The molecule has 1 aliphatic rings. The van der Waals surface area contributed by atoms with E-state index in [2.05, 4.69) is 9.97 Å². The van der Waals surface area contributed by atoms with Gasteiger partial charge in [-0.2, -0.15) is 0 Å². The first-order valence-corrected chi connectivity index (χ1v) is 6.01. The summed E-state index contributed by atoms with van der Waals surface area (Å²) in [6.07, 6.45) is 5.80. The van der Waals surface area contributed by atoms with E-state index in [-0.39, 0.29) is 12.0 Å². The van der Waals surface area contributed by atoms with E-state index in [1.807, 2.05) is 11.8 Å². The second kappa shape index (κ2) is 5.61. The first-order chi connectivity index (χ1) is 8.29. The smallest absolute Gasteiger partial charge is 0.316 e. The maximum Gasteiger partial charge on any atom is 0.316 e. The number of aromatic nitrogens is 2. The van der Waals surface area contributed by atoms with E-state index in [4.69, 9.17) is 4.74 Å². The molecule has 1 aromatic rings. The predicted octanol–water partition coefficient (Wildman–Crippen LogP) is 1.26. The van der Waals surface area contributed by atoms with E-state index < -0.39 is 0 Å². The molecule has 0 aromatic carbocycles. The van der Waals surface area contributed by atoms with E-state index in [0.717, 1.165) is 19.4 Å². The van der Waals surface area contributed by atoms with E-state index in [9.17, 15) is 4.79 Å². The fourth-order valence-electron chi connectivity index (χ4n) is 1.98. The number of hydrogen-bond donors (Lipinski definition) is 0. The van der Waals surface area contributed by atoms with Gasteiger partial charge in [-0.05, 0) is 18.9 Å². The lowest BCUT2D eigenvalue weighted by atomic mass is 10.1. The molecule has 1 aromatic heterocycles. The minimum Gasteiger partial charge on any atom is -0.458 e. The molecule has 0 aliphatic carbocycles. The minimum atomic E-state index is 0.0154. The molecule has 17 heavy (non-hydrogen) atoms. The maximum atomic E-state index is 11.6. The van der Waals surface area contributed by atoms with Crippen LogP contribution in [0.1, 0.15) is 26.2 Å². The topological polar surface area (TPSA) is 55.3 Å². The van der Waals surface area contributed by atoms with Crippen LogP contribution in [0.2, 0.25) is 0 Å². The Morgan fingerprint density at radius 2 is 2.29 bits per heavy atom. The molecule has 5 nitrogen and oxygen atoms in total. The highest BCUT2D eigenvalue weighted by Crippen LogP contribution is 2.15. The highest BCUT2D eigenvalue weighted by atomic mass is 16.5. The summed E-state index contributed by atoms with van der Waals surface area (Å²) in [5.41, 5.74) is 0. The second-order valence-corrected chi connectivity index (χ2v) is 4.11. The highest BCUT2D eigenvalue weighted by Gasteiger charge is 2.24. The van der Waals surface area contributed by atoms with Gasteiger partial charge in [0, 0.05) is 25.4 Å². The summed E-state index contributed by atoms with van der Waals surface area (Å²) in [5.74, 6) is 0.187. The van der Waals surface area contributed by atoms with Gasteiger partial charge >= 0.3 is 6.01 Å². The lowest BCUT2D eigenvalue weighted by Gasteiger charge is -2.32. The summed E-state index contributed by atoms with van der Waals surface area (Å²) in [4.78, 5) is 21.5. The average Bonchev–Trinajstić information content (AvgIpc) is 2.39. The number of piperidine rings is 1. The van der Waals surface area contributed by atoms with E-state index in [1.54, 1.807) is 18.5 Å². The average molecular weight is 235 g/mol. The number of ether oxygens (including phenoxy) is 1. The van der Waals surface area contributed by atoms with Gasteiger partial charge in [-0.25, -0.2) is 9.97 Å². The lowest BCUT2D eigenvalue weighted by Crippen LogP contribution is -2.44. The molecule has 1 unspecified atom stereocenters. The van der Waals surface area contributed by atoms with Crippen molar-refractivity contribution in [1.29, 1.82) is 0 Å². The number of carbonyl (C=O) groups is 1. The number of rotatable bonds is 3. The van der Waals surface area contributed by atoms with Gasteiger partial charge in [0.15, 0.2) is 0 Å². The van der Waals surface area contributed by atoms with Gasteiger partial charge in [-0.3, -0.25) is 4.79 Å². The first-order valence-electron chi connectivity index (χ1n) is 6.01. The van der Waals surface area contributed by atoms with Crippen LogP contribution in [0.4, 0.5) is 0 Å². The third-order valence-corrected chi connectivity index (χ3v) is 2.85. The van der Waals surface area contributed by atoms with Gasteiger partial charge < -0.3 is 9.64 Å². The number of hydrogen-bond acceptors (Lipinski definition) is 4. The summed E-state index contributed by atoms with van der Waals surface area (Å²) < 4.78 is 5.66. The molecule has 0 bridgehead atoms. The monoisotopic (exact) mass is 235 g/mol. The maximum absolute atomic E-state index is 11.6. The SMILES string of the molecule is CCC(=O)N1CCCC(Oc2ncccn2)C1. The zero-order chi connectivity index (χ0) is 12.1. The molecular weight excluding hydrogens is 218 g/mol. The number of likely N-dealkylation sites (tertiary alicyclic amines) is 1. The zero-order valence-electron chi connectivity index (χ0n) is 10.0. The number of nitrogens with zero attached hydrogens (tertiary/aromatic N) is 3. The van der Waals surface area contributed by atoms with Crippen LogP contribution in [0.25, 0.3) is 0 Å². The molecular formula is C12H17N3O2. The summed E-state index contributed by atoms with van der Waals surface area (Å²) in [7, 11) is 0. The molecule has 1 atom stereocenters. The largest absolute Gasteiger partial charge is 0.458 e. The van der Waals surface area contributed by atoms with Crippen molar-refractivity contribution in [3.05, 3.63) is 18.5 Å². The van der Waals surface area contributed by atoms with Crippen LogP contribution in [0.5, 0.6) is 6.01 Å². The molecule has 0 saturated carbocycles. The highest BCUT2D eigenvalue weighted by molar-refractivity contribution is 5.75. The van der Waals surface area contributed by atoms with Crippen LogP contribution >= 0.6 is 0 Å². The standard InChI is InChI=1S/C12H17N3O2/c1-2-11(16)15-8-3-5-10(9-15)17-12-13-6-4-7-14-12/h4,6-7,10H,2-3,5,8-9H2,1H3. The molecule has 0 radical (unpaired) electrons. The van der Waals surface area contributed by atoms with Crippen molar-refractivity contribution in [3.63, 3.8) is 0 Å². The number of carbonyl (C=O) groups excluding carboxylic acids is 1. The van der Waals surface area contributed by atoms with Crippen LogP contribution in [0, 0.1) is 0 Å². The minimum absolute atomic E-state index is 0.0154. The fourth-order valence-corrected chi connectivity index (χ4v) is 1.98. The predicted molar refractivity (Wildman–Crippen MR) is 62.6 cm³/mol. The molecule has 0 N–H and O–H groups in total. The Morgan fingerprint density at radius 3 is 3.00 bits per heavy atom. The van der Waals surface area contributed by atoms with Crippen molar-refractivity contribution in [3.8, 4) is 6.01 Å². The van der Waals surface area contributed by atoms with Crippen LogP contribution in [0.15, 0.2) is 18.5 Å². The van der Waals surface area contributed by atoms with Crippen molar-refractivity contribution in [2.75, 3.05) is 13.1 Å². The van der Waals surface area contributed by atoms with Gasteiger partial charge in [0.2, 0.25) is 5.91 Å². The third kappa shape index (κ3) is 3.15. The Hall–Kier alpha value is -1.65. The second-order valence-electron chi connectivity index (χ2n) is 4.11. The van der Waals surface area contributed by atoms with Crippen molar-refractivity contribution >= 4 is 5.91 Å². The van der Waals surface area contributed by atoms with Crippen LogP contribution in [0.3, 0.4) is 0 Å². The Kier molecular flexibility index (Phi) is 3.90. The lowest BCUT2D eigenvalue weighted by molar-refractivity contribution is -0.133. The Bertz CT molecular complexity index is 369. The quantitative estimate of drug-likeness (QED) is 0.791. The van der Waals surface area contributed by atoms with Crippen molar-refractivity contribution in [2.45, 2.75) is 32.3 Å². The van der Waals surface area contributed by atoms with Crippen molar-refractivity contribution in [2.24, 2.45) is 0 Å². The van der Waals surface area contributed by atoms with E-state index >= 15 is 0 Å². The molecule has 1 fully saturated rings. The molecule has 1 saturated heterocycles. The molecule has 1 amide bonds. The first kappa shape index (κ1) is 11.8. The van der Waals surface area contributed by atoms with E-state index in [1.165, 1.54) is 0 Å². The van der Waals surface area contributed by atoms with E-state index in [0.29, 0.717) is 19.0 Å². The van der Waals surface area contributed by atoms with Crippen molar-refractivity contribution in [1.82, 2.24) is 14.9 Å². The summed E-state index contributed by atoms with van der Waals surface area (Å²) in [6.45, 7) is 3.36. The Labute approximate surface area is 101 Å². The molecule has 0 spiro atoms. The normalized spacial score (nSPS) is 20.1. The molecule has 1 aliphatic heterocycles. The summed E-state index contributed by atoms with van der Waals surface area (Å²) in [6, 6.07) is 2.14. The summed E-state index contributed by atoms with van der Waals surface area (Å²) >= 11 is 0. The van der Waals surface area contributed by atoms with Gasteiger partial charge in [0.05, 0.1) is 6.54 Å². The number of amides is 1. The molecule has 5 heteroatoms.